The van der Waals surface area contributed by atoms with Crippen LogP contribution in [0.3, 0.4) is 0 Å². The molecule has 0 saturated carbocycles. The second-order valence-corrected chi connectivity index (χ2v) is 8.76. The SMILES string of the molecule is CC(C)[C@H](NS(=O)(=O)c1ccc2c(c1)OCCO2)C(=O)OCC(=O)c1ccccc1. The lowest BCUT2D eigenvalue weighted by Crippen LogP contribution is -2.45. The van der Waals surface area contributed by atoms with Gasteiger partial charge in [-0.2, -0.15) is 4.72 Å². The Morgan fingerprint density at radius 3 is 2.37 bits per heavy atom. The molecule has 0 unspecified atom stereocenters. The molecule has 0 radical (unpaired) electrons. The Bertz CT molecular complexity index is 1020. The largest absolute Gasteiger partial charge is 0.486 e. The zero-order valence-electron chi connectivity index (χ0n) is 16.7. The molecular formula is C21H23NO7S. The van der Waals surface area contributed by atoms with Gasteiger partial charge in [-0.15, -0.1) is 0 Å². The minimum atomic E-state index is -4.05. The van der Waals surface area contributed by atoms with Gasteiger partial charge in [-0.3, -0.25) is 9.59 Å². The van der Waals surface area contributed by atoms with Gasteiger partial charge in [-0.1, -0.05) is 44.2 Å². The Morgan fingerprint density at radius 1 is 1.03 bits per heavy atom. The second kappa shape index (κ2) is 9.27. The maximum atomic E-state index is 12.8. The quantitative estimate of drug-likeness (QED) is 0.502. The lowest BCUT2D eigenvalue weighted by Gasteiger charge is -2.22. The van der Waals surface area contributed by atoms with E-state index >= 15 is 0 Å². The number of Topliss-reactive ketones (excluding diaryl/α,β-unsaturated/α-hetero) is 1. The van der Waals surface area contributed by atoms with Crippen molar-refractivity contribution in [2.45, 2.75) is 24.8 Å². The fourth-order valence-electron chi connectivity index (χ4n) is 2.82. The fourth-order valence-corrected chi connectivity index (χ4v) is 4.16. The first-order valence-electron chi connectivity index (χ1n) is 9.45. The van der Waals surface area contributed by atoms with Gasteiger partial charge in [0.2, 0.25) is 10.0 Å². The zero-order chi connectivity index (χ0) is 21.7. The van der Waals surface area contributed by atoms with Crippen LogP contribution in [0.15, 0.2) is 53.4 Å². The number of carbonyl (C=O) groups excluding carboxylic acids is 2. The number of esters is 1. The van der Waals surface area contributed by atoms with E-state index in [0.717, 1.165) is 0 Å². The molecule has 1 atom stereocenters. The summed E-state index contributed by atoms with van der Waals surface area (Å²) < 4.78 is 43.9. The standard InChI is InChI=1S/C21H23NO7S/c1-14(2)20(21(24)29-13-17(23)15-6-4-3-5-7-15)22-30(25,26)16-8-9-18-19(12-16)28-11-10-27-18/h3-9,12,14,20,22H,10-11,13H2,1-2H3/t20-/m0/s1. The van der Waals surface area contributed by atoms with Crippen LogP contribution in [0.4, 0.5) is 0 Å². The van der Waals surface area contributed by atoms with Crippen molar-refractivity contribution in [2.75, 3.05) is 19.8 Å². The number of rotatable bonds is 8. The first-order valence-corrected chi connectivity index (χ1v) is 10.9. The predicted octanol–water partition coefficient (Wildman–Crippen LogP) is 2.19. The monoisotopic (exact) mass is 433 g/mol. The molecule has 2 aromatic carbocycles. The van der Waals surface area contributed by atoms with Crippen LogP contribution in [0.2, 0.25) is 0 Å². The normalized spacial score (nSPS) is 14.2. The molecule has 0 amide bonds. The number of sulfonamides is 1. The van der Waals surface area contributed by atoms with Crippen molar-refractivity contribution in [1.82, 2.24) is 4.72 Å². The van der Waals surface area contributed by atoms with E-state index in [1.807, 2.05) is 0 Å². The molecular weight excluding hydrogens is 410 g/mol. The molecule has 0 aliphatic carbocycles. The van der Waals surface area contributed by atoms with Crippen molar-refractivity contribution in [3.05, 3.63) is 54.1 Å². The third kappa shape index (κ3) is 5.17. The number of hydrogen-bond donors (Lipinski definition) is 1. The maximum Gasteiger partial charge on any atom is 0.324 e. The minimum absolute atomic E-state index is 0.0643. The highest BCUT2D eigenvalue weighted by atomic mass is 32.2. The van der Waals surface area contributed by atoms with E-state index in [2.05, 4.69) is 4.72 Å². The summed E-state index contributed by atoms with van der Waals surface area (Å²) in [4.78, 5) is 24.6. The Morgan fingerprint density at radius 2 is 1.70 bits per heavy atom. The Hall–Kier alpha value is -2.91. The summed E-state index contributed by atoms with van der Waals surface area (Å²) in [6.45, 7) is 3.59. The average molecular weight is 433 g/mol. The smallest absolute Gasteiger partial charge is 0.324 e. The second-order valence-electron chi connectivity index (χ2n) is 7.05. The lowest BCUT2D eigenvalue weighted by molar-refractivity contribution is -0.145. The van der Waals surface area contributed by atoms with Gasteiger partial charge in [0.1, 0.15) is 19.3 Å². The summed E-state index contributed by atoms with van der Waals surface area (Å²) in [5.74, 6) is -0.825. The highest BCUT2D eigenvalue weighted by Crippen LogP contribution is 2.32. The van der Waals surface area contributed by atoms with Gasteiger partial charge in [0.05, 0.1) is 4.90 Å². The number of benzene rings is 2. The molecule has 3 rings (SSSR count). The molecule has 0 fully saturated rings. The molecule has 0 spiro atoms. The average Bonchev–Trinajstić information content (AvgIpc) is 2.75. The Labute approximate surface area is 175 Å². The molecule has 1 aliphatic rings. The topological polar surface area (TPSA) is 108 Å². The molecule has 9 heteroatoms. The van der Waals surface area contributed by atoms with Crippen molar-refractivity contribution in [3.8, 4) is 11.5 Å². The molecule has 0 aromatic heterocycles. The summed E-state index contributed by atoms with van der Waals surface area (Å²) in [5, 5.41) is 0. The predicted molar refractivity (Wildman–Crippen MR) is 108 cm³/mol. The van der Waals surface area contributed by atoms with Crippen molar-refractivity contribution in [1.29, 1.82) is 0 Å². The number of nitrogens with one attached hydrogen (secondary N) is 1. The van der Waals surface area contributed by atoms with Crippen LogP contribution in [-0.4, -0.2) is 46.0 Å². The number of ether oxygens (including phenoxy) is 3. The summed E-state index contributed by atoms with van der Waals surface area (Å²) >= 11 is 0. The van der Waals surface area contributed by atoms with Gasteiger partial charge in [0.15, 0.2) is 23.9 Å². The highest BCUT2D eigenvalue weighted by Gasteiger charge is 2.31. The van der Waals surface area contributed by atoms with Crippen LogP contribution in [0.5, 0.6) is 11.5 Å². The fraction of sp³-hybridized carbons (Fsp3) is 0.333. The molecule has 8 nitrogen and oxygen atoms in total. The molecule has 0 saturated heterocycles. The van der Waals surface area contributed by atoms with E-state index in [-0.39, 0.29) is 10.7 Å². The van der Waals surface area contributed by atoms with Gasteiger partial charge in [-0.05, 0) is 18.1 Å². The van der Waals surface area contributed by atoms with Gasteiger partial charge in [-0.25, -0.2) is 8.42 Å². The Kier molecular flexibility index (Phi) is 6.73. The third-order valence-corrected chi connectivity index (χ3v) is 5.91. The first-order chi connectivity index (χ1) is 14.3. The zero-order valence-corrected chi connectivity index (χ0v) is 17.5. The summed E-state index contributed by atoms with van der Waals surface area (Å²) in [5.41, 5.74) is 0.406. The molecule has 0 bridgehead atoms. The van der Waals surface area contributed by atoms with Crippen LogP contribution in [0.1, 0.15) is 24.2 Å². The Balaban J connectivity index is 1.69. The molecule has 160 valence electrons. The van der Waals surface area contributed by atoms with Crippen LogP contribution in [-0.2, 0) is 19.6 Å². The molecule has 2 aromatic rings. The van der Waals surface area contributed by atoms with Crippen LogP contribution in [0.25, 0.3) is 0 Å². The first kappa shape index (κ1) is 21.8. The highest BCUT2D eigenvalue weighted by molar-refractivity contribution is 7.89. The van der Waals surface area contributed by atoms with Crippen molar-refractivity contribution < 1.29 is 32.2 Å². The van der Waals surface area contributed by atoms with E-state index < -0.39 is 34.6 Å². The van der Waals surface area contributed by atoms with Crippen molar-refractivity contribution >= 4 is 21.8 Å². The lowest BCUT2D eigenvalue weighted by atomic mass is 10.1. The number of fused-ring (bicyclic) bond motifs is 1. The number of ketones is 1. The molecule has 30 heavy (non-hydrogen) atoms. The van der Waals surface area contributed by atoms with Crippen molar-refractivity contribution in [2.24, 2.45) is 5.92 Å². The van der Waals surface area contributed by atoms with Gasteiger partial charge in [0.25, 0.3) is 0 Å². The van der Waals surface area contributed by atoms with Gasteiger partial charge < -0.3 is 14.2 Å². The summed E-state index contributed by atoms with van der Waals surface area (Å²) in [6, 6.07) is 11.5. The van der Waals surface area contributed by atoms with E-state index in [4.69, 9.17) is 14.2 Å². The van der Waals surface area contributed by atoms with Crippen molar-refractivity contribution in [3.63, 3.8) is 0 Å². The summed E-state index contributed by atoms with van der Waals surface area (Å²) in [7, 11) is -4.05. The minimum Gasteiger partial charge on any atom is -0.486 e. The third-order valence-electron chi connectivity index (χ3n) is 4.47. The van der Waals surface area contributed by atoms with E-state index in [1.165, 1.54) is 18.2 Å². The molecule has 1 heterocycles. The number of hydrogen-bond acceptors (Lipinski definition) is 7. The molecule has 1 N–H and O–H groups in total. The number of carbonyl (C=O) groups is 2. The van der Waals surface area contributed by atoms with Gasteiger partial charge >= 0.3 is 5.97 Å². The van der Waals surface area contributed by atoms with E-state index in [0.29, 0.717) is 30.3 Å². The van der Waals surface area contributed by atoms with Gasteiger partial charge in [0, 0.05) is 11.6 Å². The summed E-state index contributed by atoms with van der Waals surface area (Å²) in [6.07, 6.45) is 0. The maximum absolute atomic E-state index is 12.8. The van der Waals surface area contributed by atoms with E-state index in [1.54, 1.807) is 44.2 Å². The van der Waals surface area contributed by atoms with Crippen LogP contribution in [0, 0.1) is 5.92 Å². The van der Waals surface area contributed by atoms with Crippen LogP contribution < -0.4 is 14.2 Å². The molecule has 1 aliphatic heterocycles. The van der Waals surface area contributed by atoms with E-state index in [9.17, 15) is 18.0 Å². The van der Waals surface area contributed by atoms with Crippen LogP contribution >= 0.6 is 0 Å².